The number of piperidine rings is 1. The summed E-state index contributed by atoms with van der Waals surface area (Å²) >= 11 is 6.28. The van der Waals surface area contributed by atoms with Crippen molar-refractivity contribution in [1.29, 1.82) is 0 Å². The van der Waals surface area contributed by atoms with Crippen LogP contribution in [0.15, 0.2) is 30.5 Å². The second kappa shape index (κ2) is 8.78. The molecule has 0 N–H and O–H groups in total. The van der Waals surface area contributed by atoms with Crippen molar-refractivity contribution in [3.05, 3.63) is 68.0 Å². The Morgan fingerprint density at radius 1 is 1.24 bits per heavy atom. The summed E-state index contributed by atoms with van der Waals surface area (Å²) < 4.78 is 5.57. The summed E-state index contributed by atoms with van der Waals surface area (Å²) in [7, 11) is 0. The number of aryl methyl sites for hydroxylation is 2. The molecule has 1 unspecified atom stereocenters. The van der Waals surface area contributed by atoms with Gasteiger partial charge in [0.2, 0.25) is 0 Å². The lowest BCUT2D eigenvalue weighted by atomic mass is 9.76. The van der Waals surface area contributed by atoms with E-state index < -0.39 is 0 Å². The van der Waals surface area contributed by atoms with E-state index in [2.05, 4.69) is 22.0 Å². The minimum absolute atomic E-state index is 0.0676. The van der Waals surface area contributed by atoms with E-state index in [0.717, 1.165) is 61.7 Å². The predicted octanol–water partition coefficient (Wildman–Crippen LogP) is 4.58. The highest BCUT2D eigenvalue weighted by Gasteiger charge is 2.34. The molecule has 1 aromatic heterocycles. The Morgan fingerprint density at radius 2 is 2.00 bits per heavy atom. The van der Waals surface area contributed by atoms with Crippen molar-refractivity contribution >= 4 is 17.3 Å². The molecule has 1 saturated heterocycles. The van der Waals surface area contributed by atoms with E-state index in [9.17, 15) is 10.1 Å². The average Bonchev–Trinajstić information content (AvgIpc) is 2.88. The van der Waals surface area contributed by atoms with Crippen LogP contribution in [0.2, 0.25) is 5.02 Å². The molecule has 1 atom stereocenters. The summed E-state index contributed by atoms with van der Waals surface area (Å²) in [5.74, 6) is 0.591. The lowest BCUT2D eigenvalue weighted by molar-refractivity contribution is -0.385. The summed E-state index contributed by atoms with van der Waals surface area (Å²) in [5, 5.41) is 12.0. The molecule has 7 heteroatoms. The Morgan fingerprint density at radius 3 is 2.72 bits per heavy atom. The third kappa shape index (κ3) is 4.29. The van der Waals surface area contributed by atoms with Crippen LogP contribution < -0.4 is 0 Å². The van der Waals surface area contributed by atoms with Crippen LogP contribution in [0.4, 0.5) is 5.69 Å². The molecule has 0 amide bonds. The number of hydrogen-bond donors (Lipinski definition) is 0. The number of aromatic nitrogens is 1. The van der Waals surface area contributed by atoms with Gasteiger partial charge in [0.15, 0.2) is 0 Å². The zero-order valence-electron chi connectivity index (χ0n) is 16.6. The summed E-state index contributed by atoms with van der Waals surface area (Å²) in [6, 6.07) is 7.85. The smallest absolute Gasteiger partial charge is 0.287 e. The van der Waals surface area contributed by atoms with Crippen molar-refractivity contribution in [2.75, 3.05) is 26.4 Å². The van der Waals surface area contributed by atoms with E-state index in [-0.39, 0.29) is 16.5 Å². The maximum atomic E-state index is 11.3. The van der Waals surface area contributed by atoms with Crippen LogP contribution in [0.3, 0.4) is 0 Å². The first-order valence-electron chi connectivity index (χ1n) is 10.3. The van der Waals surface area contributed by atoms with Crippen molar-refractivity contribution in [1.82, 2.24) is 9.88 Å². The van der Waals surface area contributed by atoms with Crippen LogP contribution >= 0.6 is 11.6 Å². The Hall–Kier alpha value is -2.02. The summed E-state index contributed by atoms with van der Waals surface area (Å²) in [4.78, 5) is 17.9. The summed E-state index contributed by atoms with van der Waals surface area (Å²) in [5.41, 5.74) is 4.57. The van der Waals surface area contributed by atoms with Crippen molar-refractivity contribution < 1.29 is 9.66 Å². The predicted molar refractivity (Wildman–Crippen MR) is 112 cm³/mol. The monoisotopic (exact) mass is 415 g/mol. The molecule has 1 aromatic carbocycles. The number of benzene rings is 1. The fourth-order valence-corrected chi connectivity index (χ4v) is 4.91. The van der Waals surface area contributed by atoms with E-state index in [1.165, 1.54) is 17.3 Å². The number of pyridine rings is 1. The molecule has 6 nitrogen and oxygen atoms in total. The van der Waals surface area contributed by atoms with Crippen molar-refractivity contribution in [3.8, 4) is 0 Å². The van der Waals surface area contributed by atoms with E-state index in [4.69, 9.17) is 16.3 Å². The van der Waals surface area contributed by atoms with E-state index >= 15 is 0 Å². The molecule has 154 valence electrons. The molecule has 1 aliphatic carbocycles. The largest absolute Gasteiger partial charge is 0.366 e. The van der Waals surface area contributed by atoms with Crippen LogP contribution in [0, 0.1) is 16.0 Å². The Labute approximate surface area is 176 Å². The number of ether oxygens (including phenoxy) is 1. The van der Waals surface area contributed by atoms with E-state index in [0.29, 0.717) is 12.6 Å². The maximum absolute atomic E-state index is 11.3. The van der Waals surface area contributed by atoms with Gasteiger partial charge in [0.25, 0.3) is 5.69 Å². The SMILES string of the molecule is CCOCN1CCC(C2c3ccc(Cl)cc3CCc3cc([N+](=O)[O-])cnc32)CC1. The first-order valence-corrected chi connectivity index (χ1v) is 10.7. The third-order valence-corrected chi connectivity index (χ3v) is 6.41. The molecular weight excluding hydrogens is 390 g/mol. The number of rotatable bonds is 5. The minimum atomic E-state index is -0.358. The zero-order chi connectivity index (χ0) is 20.4. The third-order valence-electron chi connectivity index (χ3n) is 6.18. The standard InChI is InChI=1S/C22H26ClN3O3/c1-2-29-14-25-9-7-15(8-10-25)21-20-6-5-18(23)11-16(20)3-4-17-12-19(26(27)28)13-24-22(17)21/h5-6,11-13,15,21H,2-4,7-10,14H2,1H3. The second-order valence-electron chi connectivity index (χ2n) is 7.89. The molecule has 2 aromatic rings. The van der Waals surface area contributed by atoms with Crippen molar-refractivity contribution in [2.24, 2.45) is 5.92 Å². The van der Waals surface area contributed by atoms with Gasteiger partial charge < -0.3 is 4.74 Å². The molecule has 0 bridgehead atoms. The molecule has 29 heavy (non-hydrogen) atoms. The minimum Gasteiger partial charge on any atom is -0.366 e. The molecular formula is C22H26ClN3O3. The van der Waals surface area contributed by atoms with Crippen LogP contribution in [-0.2, 0) is 17.6 Å². The highest BCUT2D eigenvalue weighted by Crippen LogP contribution is 2.43. The fraction of sp³-hybridized carbons (Fsp3) is 0.500. The molecule has 0 saturated carbocycles. The van der Waals surface area contributed by atoms with Crippen LogP contribution in [-0.4, -0.2) is 41.2 Å². The summed E-state index contributed by atoms with van der Waals surface area (Å²) in [6.07, 6.45) is 5.09. The number of likely N-dealkylation sites (tertiary alicyclic amines) is 1. The van der Waals surface area contributed by atoms with Gasteiger partial charge in [0.1, 0.15) is 6.20 Å². The Bertz CT molecular complexity index is 897. The van der Waals surface area contributed by atoms with Gasteiger partial charge in [0.05, 0.1) is 17.3 Å². The number of fused-ring (bicyclic) bond motifs is 2. The topological polar surface area (TPSA) is 68.5 Å². The number of nitro groups is 1. The first-order chi connectivity index (χ1) is 14.1. The van der Waals surface area contributed by atoms with Gasteiger partial charge in [-0.3, -0.25) is 20.0 Å². The number of hydrogen-bond acceptors (Lipinski definition) is 5. The van der Waals surface area contributed by atoms with Gasteiger partial charge in [-0.1, -0.05) is 17.7 Å². The lowest BCUT2D eigenvalue weighted by Gasteiger charge is -2.36. The normalized spacial score (nSPS) is 20.0. The van der Waals surface area contributed by atoms with E-state index in [1.54, 1.807) is 6.07 Å². The summed E-state index contributed by atoms with van der Waals surface area (Å²) in [6.45, 7) is 5.41. The van der Waals surface area contributed by atoms with E-state index in [1.807, 2.05) is 13.0 Å². The number of nitrogens with zero attached hydrogens (tertiary/aromatic N) is 3. The van der Waals surface area contributed by atoms with Gasteiger partial charge in [0, 0.05) is 36.7 Å². The molecule has 2 heterocycles. The average molecular weight is 416 g/mol. The highest BCUT2D eigenvalue weighted by atomic mass is 35.5. The Kier molecular flexibility index (Phi) is 6.13. The Balaban J connectivity index is 1.69. The molecule has 1 aliphatic heterocycles. The van der Waals surface area contributed by atoms with Crippen LogP contribution in [0.5, 0.6) is 0 Å². The van der Waals surface area contributed by atoms with Gasteiger partial charge in [-0.25, -0.2) is 0 Å². The first kappa shape index (κ1) is 20.3. The van der Waals surface area contributed by atoms with Crippen LogP contribution in [0.25, 0.3) is 0 Å². The molecule has 2 aliphatic rings. The quantitative estimate of drug-likeness (QED) is 0.528. The zero-order valence-corrected chi connectivity index (χ0v) is 17.4. The van der Waals surface area contributed by atoms with Gasteiger partial charge in [-0.05, 0) is 67.3 Å². The van der Waals surface area contributed by atoms with Crippen molar-refractivity contribution in [2.45, 2.75) is 38.5 Å². The highest BCUT2D eigenvalue weighted by molar-refractivity contribution is 6.30. The molecule has 4 rings (SSSR count). The molecule has 1 fully saturated rings. The fourth-order valence-electron chi connectivity index (χ4n) is 4.71. The maximum Gasteiger partial charge on any atom is 0.287 e. The van der Waals surface area contributed by atoms with Gasteiger partial charge in [-0.15, -0.1) is 0 Å². The molecule has 0 spiro atoms. The lowest BCUT2D eigenvalue weighted by Crippen LogP contribution is -2.37. The van der Waals surface area contributed by atoms with Crippen LogP contribution in [0.1, 0.15) is 48.1 Å². The van der Waals surface area contributed by atoms with Crippen molar-refractivity contribution in [3.63, 3.8) is 0 Å². The molecule has 0 radical (unpaired) electrons. The van der Waals surface area contributed by atoms with Gasteiger partial charge in [-0.2, -0.15) is 0 Å². The number of halogens is 1. The second-order valence-corrected chi connectivity index (χ2v) is 8.33. The van der Waals surface area contributed by atoms with Gasteiger partial charge >= 0.3 is 0 Å².